The number of anilines is 1. The maximum atomic E-state index is 12.8. The Morgan fingerprint density at radius 1 is 1.00 bits per heavy atom. The Labute approximate surface area is 156 Å². The summed E-state index contributed by atoms with van der Waals surface area (Å²) in [6.07, 6.45) is 0.153. The smallest absolute Gasteiger partial charge is 0.340 e. The number of benzene rings is 2. The monoisotopic (exact) mass is 372 g/mol. The highest BCUT2D eigenvalue weighted by atomic mass is 19.1. The summed E-state index contributed by atoms with van der Waals surface area (Å²) < 4.78 is 17.8. The van der Waals surface area contributed by atoms with Crippen LogP contribution in [0.4, 0.5) is 10.1 Å². The molecule has 6 nitrogen and oxygen atoms in total. The molecule has 0 aliphatic carbocycles. The number of nitrogens with one attached hydrogen (secondary N) is 2. The van der Waals surface area contributed by atoms with Crippen molar-refractivity contribution in [3.05, 3.63) is 65.5 Å². The highest BCUT2D eigenvalue weighted by Crippen LogP contribution is 2.16. The lowest BCUT2D eigenvalue weighted by molar-refractivity contribution is -0.126. The van der Waals surface area contributed by atoms with Crippen LogP contribution in [0.25, 0.3) is 0 Å². The van der Waals surface area contributed by atoms with E-state index in [2.05, 4.69) is 10.6 Å². The maximum Gasteiger partial charge on any atom is 0.340 e. The summed E-state index contributed by atoms with van der Waals surface area (Å²) in [4.78, 5) is 35.8. The normalized spacial score (nSPS) is 10.1. The molecule has 2 N–H and O–H groups in total. The van der Waals surface area contributed by atoms with Crippen molar-refractivity contribution >= 4 is 23.5 Å². The fraction of sp³-hybridized carbons (Fsp3) is 0.250. The minimum atomic E-state index is -0.544. The van der Waals surface area contributed by atoms with Gasteiger partial charge in [0.05, 0.1) is 17.9 Å². The maximum absolute atomic E-state index is 12.8. The first-order chi connectivity index (χ1) is 13.0. The van der Waals surface area contributed by atoms with E-state index in [0.29, 0.717) is 18.7 Å². The molecule has 142 valence electrons. The predicted octanol–water partition coefficient (Wildman–Crippen LogP) is 2.69. The molecule has 2 aromatic carbocycles. The highest BCUT2D eigenvalue weighted by molar-refractivity contribution is 6.06. The Morgan fingerprint density at radius 3 is 2.41 bits per heavy atom. The van der Waals surface area contributed by atoms with Crippen LogP contribution in [0.5, 0.6) is 0 Å². The van der Waals surface area contributed by atoms with E-state index in [1.165, 1.54) is 18.2 Å². The van der Waals surface area contributed by atoms with Gasteiger partial charge in [0.1, 0.15) is 12.2 Å². The molecule has 2 rings (SSSR count). The predicted molar refractivity (Wildman–Crippen MR) is 98.8 cm³/mol. The van der Waals surface area contributed by atoms with Crippen LogP contribution >= 0.6 is 0 Å². The average molecular weight is 372 g/mol. The molecule has 7 heteroatoms. The van der Waals surface area contributed by atoms with E-state index < -0.39 is 17.8 Å². The average Bonchev–Trinajstić information content (AvgIpc) is 2.64. The molecule has 27 heavy (non-hydrogen) atoms. The first kappa shape index (κ1) is 20.1. The van der Waals surface area contributed by atoms with Gasteiger partial charge in [0.15, 0.2) is 0 Å². The molecule has 2 aromatic rings. The Bertz CT molecular complexity index is 806. The van der Waals surface area contributed by atoms with E-state index in [1.807, 2.05) is 0 Å². The molecule has 0 heterocycles. The molecule has 0 spiro atoms. The van der Waals surface area contributed by atoms with Gasteiger partial charge in [-0.25, -0.2) is 9.18 Å². The van der Waals surface area contributed by atoms with Gasteiger partial charge in [-0.3, -0.25) is 9.59 Å². The number of ether oxygens (including phenoxy) is 1. The van der Waals surface area contributed by atoms with Gasteiger partial charge < -0.3 is 15.4 Å². The Balaban J connectivity index is 1.82. The van der Waals surface area contributed by atoms with Crippen LogP contribution < -0.4 is 10.6 Å². The molecule has 0 saturated carbocycles. The number of carbonyl (C=O) groups is 3. The summed E-state index contributed by atoms with van der Waals surface area (Å²) >= 11 is 0. The van der Waals surface area contributed by atoms with Gasteiger partial charge in [0.2, 0.25) is 11.8 Å². The fourth-order valence-corrected chi connectivity index (χ4v) is 2.38. The van der Waals surface area contributed by atoms with Crippen LogP contribution in [0, 0.1) is 5.82 Å². The van der Waals surface area contributed by atoms with E-state index in [0.717, 1.165) is 5.56 Å². The second-order valence-corrected chi connectivity index (χ2v) is 5.72. The molecular weight excluding hydrogens is 351 g/mol. The molecule has 0 unspecified atom stereocenters. The summed E-state index contributed by atoms with van der Waals surface area (Å²) in [7, 11) is 0. The first-order valence-corrected chi connectivity index (χ1v) is 8.56. The fourth-order valence-electron chi connectivity index (χ4n) is 2.38. The first-order valence-electron chi connectivity index (χ1n) is 8.56. The molecule has 2 amide bonds. The zero-order valence-electron chi connectivity index (χ0n) is 15.0. The summed E-state index contributed by atoms with van der Waals surface area (Å²) in [6.45, 7) is 2.24. The summed E-state index contributed by atoms with van der Waals surface area (Å²) in [5, 5.41) is 5.19. The molecule has 0 saturated heterocycles. The third-order valence-electron chi connectivity index (χ3n) is 3.67. The molecule has 0 aliphatic heterocycles. The van der Waals surface area contributed by atoms with Gasteiger partial charge in [0.25, 0.3) is 0 Å². The second-order valence-electron chi connectivity index (χ2n) is 5.72. The molecule has 0 radical (unpaired) electrons. The molecule has 0 fully saturated rings. The summed E-state index contributed by atoms with van der Waals surface area (Å²) in [5.41, 5.74) is 1.40. The SMILES string of the molecule is CCOC(=O)c1ccccc1NC(=O)CC(=O)NCCc1ccc(F)cc1. The van der Waals surface area contributed by atoms with Crippen LogP contribution in [0.1, 0.15) is 29.3 Å². The van der Waals surface area contributed by atoms with E-state index in [-0.39, 0.29) is 24.4 Å². The van der Waals surface area contributed by atoms with Crippen LogP contribution in [0.2, 0.25) is 0 Å². The van der Waals surface area contributed by atoms with Gasteiger partial charge in [-0.15, -0.1) is 0 Å². The minimum Gasteiger partial charge on any atom is -0.462 e. The second kappa shape index (κ2) is 10.1. The van der Waals surface area contributed by atoms with E-state index >= 15 is 0 Å². The van der Waals surface area contributed by atoms with Crippen molar-refractivity contribution in [2.75, 3.05) is 18.5 Å². The van der Waals surface area contributed by atoms with Gasteiger partial charge >= 0.3 is 5.97 Å². The van der Waals surface area contributed by atoms with Gasteiger partial charge in [-0.05, 0) is 43.2 Å². The van der Waals surface area contributed by atoms with Crippen molar-refractivity contribution in [2.45, 2.75) is 19.8 Å². The van der Waals surface area contributed by atoms with Gasteiger partial charge in [-0.2, -0.15) is 0 Å². The number of hydrogen-bond donors (Lipinski definition) is 2. The minimum absolute atomic E-state index is 0.220. The number of halogens is 1. The van der Waals surface area contributed by atoms with E-state index in [1.54, 1.807) is 37.3 Å². The van der Waals surface area contributed by atoms with Crippen molar-refractivity contribution in [3.8, 4) is 0 Å². The molecular formula is C20H21FN2O4. The number of hydrogen-bond acceptors (Lipinski definition) is 4. The summed E-state index contributed by atoms with van der Waals surface area (Å²) in [5.74, 6) is -1.84. The number of amides is 2. The van der Waals surface area contributed by atoms with Gasteiger partial charge in [0, 0.05) is 6.54 Å². The molecule has 0 atom stereocenters. The van der Waals surface area contributed by atoms with Crippen LogP contribution in [-0.2, 0) is 20.7 Å². The number of rotatable bonds is 8. The van der Waals surface area contributed by atoms with Crippen molar-refractivity contribution in [3.63, 3.8) is 0 Å². The van der Waals surface area contributed by atoms with Crippen molar-refractivity contribution < 1.29 is 23.5 Å². The number of carbonyl (C=O) groups excluding carboxylic acids is 3. The zero-order valence-corrected chi connectivity index (χ0v) is 15.0. The Kier molecular flexibility index (Phi) is 7.49. The Hall–Kier alpha value is -3.22. The van der Waals surface area contributed by atoms with Gasteiger partial charge in [-0.1, -0.05) is 24.3 Å². The third kappa shape index (κ3) is 6.54. The molecule has 0 bridgehead atoms. The number of para-hydroxylation sites is 1. The molecule has 0 aromatic heterocycles. The van der Waals surface area contributed by atoms with Crippen LogP contribution in [0.3, 0.4) is 0 Å². The largest absolute Gasteiger partial charge is 0.462 e. The lowest BCUT2D eigenvalue weighted by atomic mass is 10.1. The standard InChI is InChI=1S/C20H21FN2O4/c1-2-27-20(26)16-5-3-4-6-17(16)23-19(25)13-18(24)22-12-11-14-7-9-15(21)10-8-14/h3-10H,2,11-13H2,1H3,(H,22,24)(H,23,25). The quantitative estimate of drug-likeness (QED) is 0.551. The molecule has 0 aliphatic rings. The lowest BCUT2D eigenvalue weighted by Gasteiger charge is -2.10. The highest BCUT2D eigenvalue weighted by Gasteiger charge is 2.15. The van der Waals surface area contributed by atoms with Crippen molar-refractivity contribution in [1.29, 1.82) is 0 Å². The number of esters is 1. The van der Waals surface area contributed by atoms with Crippen LogP contribution in [-0.4, -0.2) is 30.9 Å². The van der Waals surface area contributed by atoms with Crippen molar-refractivity contribution in [1.82, 2.24) is 5.32 Å². The Morgan fingerprint density at radius 2 is 1.70 bits per heavy atom. The summed E-state index contributed by atoms with van der Waals surface area (Å²) in [6, 6.07) is 12.4. The van der Waals surface area contributed by atoms with Crippen molar-refractivity contribution in [2.24, 2.45) is 0 Å². The lowest BCUT2D eigenvalue weighted by Crippen LogP contribution is -2.30. The van der Waals surface area contributed by atoms with E-state index in [9.17, 15) is 18.8 Å². The third-order valence-corrected chi connectivity index (χ3v) is 3.67. The topological polar surface area (TPSA) is 84.5 Å². The zero-order chi connectivity index (χ0) is 19.6. The van der Waals surface area contributed by atoms with Crippen LogP contribution in [0.15, 0.2) is 48.5 Å². The van der Waals surface area contributed by atoms with E-state index in [4.69, 9.17) is 4.74 Å².